The van der Waals surface area contributed by atoms with Gasteiger partial charge in [-0.3, -0.25) is 14.5 Å². The molecule has 2 heterocycles. The maximum absolute atomic E-state index is 13.3. The summed E-state index contributed by atoms with van der Waals surface area (Å²) in [7, 11) is 0. The van der Waals surface area contributed by atoms with Crippen LogP contribution in [0, 0.1) is 5.92 Å². The number of fused-ring (bicyclic) bond motifs is 1. The van der Waals surface area contributed by atoms with Crippen molar-refractivity contribution in [1.29, 1.82) is 0 Å². The second-order valence-electron chi connectivity index (χ2n) is 6.61. The lowest BCUT2D eigenvalue weighted by atomic mass is 9.93. The fraction of sp³-hybridized carbons (Fsp3) is 0.211. The van der Waals surface area contributed by atoms with Crippen LogP contribution in [0.25, 0.3) is 11.0 Å². The van der Waals surface area contributed by atoms with E-state index in [0.717, 1.165) is 12.1 Å². The highest BCUT2D eigenvalue weighted by Gasteiger charge is 2.47. The molecule has 2 atom stereocenters. The van der Waals surface area contributed by atoms with Crippen LogP contribution in [0.3, 0.4) is 0 Å². The van der Waals surface area contributed by atoms with Gasteiger partial charge in [-0.1, -0.05) is 24.6 Å². The van der Waals surface area contributed by atoms with Crippen LogP contribution in [0.4, 0.5) is 18.9 Å². The highest BCUT2D eigenvalue weighted by atomic mass is 35.5. The summed E-state index contributed by atoms with van der Waals surface area (Å²) >= 11 is 5.71. The second-order valence-corrected chi connectivity index (χ2v) is 7.02. The quantitative estimate of drug-likeness (QED) is 0.635. The van der Waals surface area contributed by atoms with Crippen LogP contribution >= 0.6 is 11.6 Å². The van der Waals surface area contributed by atoms with E-state index in [9.17, 15) is 22.8 Å². The minimum absolute atomic E-state index is 0.188. The van der Waals surface area contributed by atoms with Gasteiger partial charge in [0.1, 0.15) is 0 Å². The molecule has 5 nitrogen and oxygen atoms in total. The number of carbonyl (C=O) groups excluding carboxylic acids is 2. The first-order chi connectivity index (χ1) is 13.2. The van der Waals surface area contributed by atoms with Gasteiger partial charge in [0.15, 0.2) is 0 Å². The van der Waals surface area contributed by atoms with Crippen molar-refractivity contribution in [3.05, 3.63) is 58.9 Å². The van der Waals surface area contributed by atoms with Gasteiger partial charge in [0.2, 0.25) is 5.78 Å². The smallest absolute Gasteiger partial charge is 0.345 e. The van der Waals surface area contributed by atoms with Gasteiger partial charge in [-0.2, -0.15) is 13.2 Å². The zero-order valence-electron chi connectivity index (χ0n) is 14.4. The molecule has 2 aromatic carbocycles. The predicted octanol–water partition coefficient (Wildman–Crippen LogP) is 4.53. The Morgan fingerprint density at radius 1 is 1.14 bits per heavy atom. The van der Waals surface area contributed by atoms with Crippen LogP contribution in [-0.4, -0.2) is 21.7 Å². The minimum Gasteiger partial charge on any atom is -0.345 e. The molecule has 0 saturated carbocycles. The number of anilines is 1. The molecule has 0 spiro atoms. The van der Waals surface area contributed by atoms with Gasteiger partial charge in [0, 0.05) is 11.6 Å². The number of H-pyrrole nitrogens is 1. The molecule has 1 fully saturated rings. The van der Waals surface area contributed by atoms with E-state index < -0.39 is 40.4 Å². The van der Waals surface area contributed by atoms with Gasteiger partial charge < -0.3 is 4.98 Å². The van der Waals surface area contributed by atoms with E-state index in [1.54, 1.807) is 18.2 Å². The minimum atomic E-state index is -4.65. The monoisotopic (exact) mass is 407 g/mol. The summed E-state index contributed by atoms with van der Waals surface area (Å²) in [5, 5.41) is -0.440. The molecular formula is C19H13ClF3N3O2. The number of aromatic amines is 1. The third-order valence-electron chi connectivity index (χ3n) is 4.91. The number of Topliss-reactive ketones (excluding diaryl/α,β-unsaturated/α-hetero) is 1. The number of nitrogens with one attached hydrogen (secondary N) is 1. The number of imidazole rings is 1. The third-order valence-corrected chi connectivity index (χ3v) is 5.24. The SMILES string of the molecule is CC1C(=O)C(=O)N(c2ccc3nc[nH]c3c2)C1c1ccc(Cl)c(C(F)(F)F)c1. The predicted molar refractivity (Wildman–Crippen MR) is 96.9 cm³/mol. The lowest BCUT2D eigenvalue weighted by Crippen LogP contribution is -2.29. The van der Waals surface area contributed by atoms with E-state index in [1.165, 1.54) is 24.2 Å². The Kier molecular flexibility index (Phi) is 4.19. The molecule has 1 aliphatic rings. The molecule has 0 aliphatic carbocycles. The van der Waals surface area contributed by atoms with E-state index in [2.05, 4.69) is 9.97 Å². The zero-order valence-corrected chi connectivity index (χ0v) is 15.2. The van der Waals surface area contributed by atoms with E-state index in [4.69, 9.17) is 11.6 Å². The molecule has 1 N–H and O–H groups in total. The molecule has 28 heavy (non-hydrogen) atoms. The molecule has 3 aromatic rings. The molecular weight excluding hydrogens is 395 g/mol. The second kappa shape index (κ2) is 6.34. The van der Waals surface area contributed by atoms with Gasteiger partial charge in [0.05, 0.1) is 34.0 Å². The third kappa shape index (κ3) is 2.84. The molecule has 4 rings (SSSR count). The number of amides is 1. The van der Waals surface area contributed by atoms with Crippen molar-refractivity contribution in [2.24, 2.45) is 5.92 Å². The number of ketones is 1. The fourth-order valence-electron chi connectivity index (χ4n) is 3.54. The van der Waals surface area contributed by atoms with Crippen LogP contribution in [0.2, 0.25) is 5.02 Å². The molecule has 0 bridgehead atoms. The molecule has 1 aromatic heterocycles. The summed E-state index contributed by atoms with van der Waals surface area (Å²) in [6, 6.07) is 7.49. The van der Waals surface area contributed by atoms with Crippen LogP contribution in [0.5, 0.6) is 0 Å². The topological polar surface area (TPSA) is 66.1 Å². The van der Waals surface area contributed by atoms with E-state index in [1.807, 2.05) is 0 Å². The van der Waals surface area contributed by atoms with Crippen molar-refractivity contribution >= 4 is 40.0 Å². The van der Waals surface area contributed by atoms with Crippen LogP contribution in [0.1, 0.15) is 24.1 Å². The molecule has 9 heteroatoms. The highest BCUT2D eigenvalue weighted by Crippen LogP contribution is 2.43. The van der Waals surface area contributed by atoms with Gasteiger partial charge in [-0.15, -0.1) is 0 Å². The van der Waals surface area contributed by atoms with Crippen molar-refractivity contribution in [3.63, 3.8) is 0 Å². The van der Waals surface area contributed by atoms with Crippen LogP contribution < -0.4 is 4.90 Å². The standard InChI is InChI=1S/C19H13ClF3N3O2/c1-9-16(10-2-4-13(20)12(6-10)19(21,22)23)26(18(28)17(9)27)11-3-5-14-15(7-11)25-8-24-14/h2-9,16H,1H3,(H,24,25). The number of carbonyl (C=O) groups is 2. The Hall–Kier alpha value is -2.87. The zero-order chi connectivity index (χ0) is 20.2. The Morgan fingerprint density at radius 2 is 1.89 bits per heavy atom. The molecule has 2 unspecified atom stereocenters. The van der Waals surface area contributed by atoms with Crippen molar-refractivity contribution in [2.45, 2.75) is 19.1 Å². The van der Waals surface area contributed by atoms with Gasteiger partial charge in [-0.05, 0) is 35.9 Å². The van der Waals surface area contributed by atoms with Crippen molar-refractivity contribution in [2.75, 3.05) is 4.90 Å². The number of alkyl halides is 3. The number of hydrogen-bond acceptors (Lipinski definition) is 3. The molecule has 1 amide bonds. The number of nitrogens with zero attached hydrogens (tertiary/aromatic N) is 2. The summed E-state index contributed by atoms with van der Waals surface area (Å²) in [5.74, 6) is -2.23. The van der Waals surface area contributed by atoms with E-state index in [-0.39, 0.29) is 5.56 Å². The normalized spacial score (nSPS) is 20.4. The number of hydrogen-bond donors (Lipinski definition) is 1. The van der Waals surface area contributed by atoms with Crippen molar-refractivity contribution in [3.8, 4) is 0 Å². The first kappa shape index (κ1) is 18.5. The first-order valence-electron chi connectivity index (χ1n) is 8.35. The average molecular weight is 408 g/mol. The van der Waals surface area contributed by atoms with Gasteiger partial charge >= 0.3 is 6.18 Å². The first-order valence-corrected chi connectivity index (χ1v) is 8.73. The van der Waals surface area contributed by atoms with E-state index >= 15 is 0 Å². The molecule has 144 valence electrons. The largest absolute Gasteiger partial charge is 0.417 e. The lowest BCUT2D eigenvalue weighted by Gasteiger charge is -2.27. The summed E-state index contributed by atoms with van der Waals surface area (Å²) in [6.45, 7) is 1.53. The lowest BCUT2D eigenvalue weighted by molar-refractivity contribution is -0.137. The van der Waals surface area contributed by atoms with Gasteiger partial charge in [-0.25, -0.2) is 4.98 Å². The number of benzene rings is 2. The fourth-order valence-corrected chi connectivity index (χ4v) is 3.76. The molecule has 1 saturated heterocycles. The molecule has 0 radical (unpaired) electrons. The van der Waals surface area contributed by atoms with Crippen LogP contribution in [0.15, 0.2) is 42.7 Å². The summed E-state index contributed by atoms with van der Waals surface area (Å²) in [6.07, 6.45) is -3.16. The molecule has 1 aliphatic heterocycles. The average Bonchev–Trinajstić information content (AvgIpc) is 3.19. The Labute approximate surface area is 162 Å². The Balaban J connectivity index is 1.86. The highest BCUT2D eigenvalue weighted by molar-refractivity contribution is 6.44. The summed E-state index contributed by atoms with van der Waals surface area (Å²) < 4.78 is 39.8. The maximum atomic E-state index is 13.3. The van der Waals surface area contributed by atoms with Crippen LogP contribution in [-0.2, 0) is 15.8 Å². The maximum Gasteiger partial charge on any atom is 0.417 e. The van der Waals surface area contributed by atoms with Crippen molar-refractivity contribution < 1.29 is 22.8 Å². The number of halogens is 4. The van der Waals surface area contributed by atoms with Crippen molar-refractivity contribution in [1.82, 2.24) is 9.97 Å². The number of rotatable bonds is 2. The Bertz CT molecular complexity index is 1110. The summed E-state index contributed by atoms with van der Waals surface area (Å²) in [4.78, 5) is 33.2. The summed E-state index contributed by atoms with van der Waals surface area (Å²) in [5.41, 5.74) is 0.885. The Morgan fingerprint density at radius 3 is 2.61 bits per heavy atom. The van der Waals surface area contributed by atoms with E-state index in [0.29, 0.717) is 16.7 Å². The van der Waals surface area contributed by atoms with Gasteiger partial charge in [0.25, 0.3) is 5.91 Å². The number of aromatic nitrogens is 2.